The molecule has 2 N–H and O–H groups in total. The number of imidazole rings is 1. The Hall–Kier alpha value is -2.13. The predicted octanol–water partition coefficient (Wildman–Crippen LogP) is 3.32. The summed E-state index contributed by atoms with van der Waals surface area (Å²) in [5.41, 5.74) is 5.78. The molecule has 1 atom stereocenters. The van der Waals surface area contributed by atoms with Gasteiger partial charge in [0.1, 0.15) is 11.6 Å². The average molecular weight is 433 g/mol. The zero-order valence-electron chi connectivity index (χ0n) is 17.7. The minimum Gasteiger partial charge on any atom is -0.383 e. The molecular weight excluding hydrogens is 407 g/mol. The molecule has 7 rings (SSSR count). The fraction of sp³-hybridized carbons (Fsp3) is 0.636. The van der Waals surface area contributed by atoms with Crippen LogP contribution in [0, 0.1) is 11.3 Å². The van der Waals surface area contributed by atoms with Gasteiger partial charge >= 0.3 is 6.18 Å². The van der Waals surface area contributed by atoms with E-state index in [-0.39, 0.29) is 16.5 Å². The summed E-state index contributed by atoms with van der Waals surface area (Å²) < 4.78 is 47.8. The maximum absolute atomic E-state index is 13.3. The first-order valence-electron chi connectivity index (χ1n) is 10.8. The van der Waals surface area contributed by atoms with Crippen LogP contribution in [0.5, 0.6) is 0 Å². The molecule has 1 saturated heterocycles. The summed E-state index contributed by atoms with van der Waals surface area (Å²) in [6.07, 6.45) is 1.74. The minimum absolute atomic E-state index is 0.0226. The lowest BCUT2D eigenvalue weighted by atomic mass is 9.30. The van der Waals surface area contributed by atoms with Crippen molar-refractivity contribution in [1.29, 1.82) is 0 Å². The number of morpholine rings is 1. The molecule has 4 fully saturated rings. The Morgan fingerprint density at radius 3 is 2.55 bits per heavy atom. The Morgan fingerprint density at radius 2 is 1.87 bits per heavy atom. The highest BCUT2D eigenvalue weighted by Crippen LogP contribution is 2.78. The van der Waals surface area contributed by atoms with Crippen LogP contribution in [0.15, 0.2) is 18.5 Å². The van der Waals surface area contributed by atoms with Gasteiger partial charge in [0.15, 0.2) is 0 Å². The number of aromatic nitrogens is 3. The van der Waals surface area contributed by atoms with E-state index in [0.717, 1.165) is 57.5 Å². The Balaban J connectivity index is 1.38. The average Bonchev–Trinajstić information content (AvgIpc) is 3.02. The number of nitrogen functional groups attached to an aromatic ring is 1. The smallest absolute Gasteiger partial charge is 0.383 e. The van der Waals surface area contributed by atoms with Crippen molar-refractivity contribution in [1.82, 2.24) is 19.4 Å². The highest BCUT2D eigenvalue weighted by molar-refractivity contribution is 5.62. The second kappa shape index (κ2) is 5.81. The van der Waals surface area contributed by atoms with Gasteiger partial charge in [0.05, 0.1) is 30.0 Å². The highest BCUT2D eigenvalue weighted by atomic mass is 19.4. The molecular formula is C22H26F3N5O. The quantitative estimate of drug-likeness (QED) is 0.787. The molecule has 1 unspecified atom stereocenters. The highest BCUT2D eigenvalue weighted by Gasteiger charge is 2.82. The molecule has 2 aliphatic heterocycles. The van der Waals surface area contributed by atoms with Crippen molar-refractivity contribution in [2.24, 2.45) is 11.3 Å². The lowest BCUT2D eigenvalue weighted by Crippen LogP contribution is -2.89. The van der Waals surface area contributed by atoms with E-state index in [9.17, 15) is 13.2 Å². The SMILES string of the molecule is CC1(C)Cc2nc(-c3cnc(N)c(C(F)(F)F)c3)cn2C23CC(N4CCOCC4)(C2)C13. The van der Waals surface area contributed by atoms with E-state index in [1.807, 2.05) is 6.20 Å². The lowest BCUT2D eigenvalue weighted by Gasteiger charge is -2.84. The van der Waals surface area contributed by atoms with Gasteiger partial charge in [-0.3, -0.25) is 4.90 Å². The van der Waals surface area contributed by atoms with Gasteiger partial charge in [-0.15, -0.1) is 0 Å². The molecule has 4 heterocycles. The van der Waals surface area contributed by atoms with Crippen LogP contribution in [0.2, 0.25) is 0 Å². The Labute approximate surface area is 178 Å². The molecule has 0 amide bonds. The van der Waals surface area contributed by atoms with Crippen molar-refractivity contribution >= 4 is 5.82 Å². The third-order valence-electron chi connectivity index (χ3n) is 8.11. The number of halogens is 3. The molecule has 166 valence electrons. The molecule has 2 aromatic heterocycles. The molecule has 2 bridgehead atoms. The molecule has 0 aromatic carbocycles. The number of nitrogens with two attached hydrogens (primary N) is 1. The molecule has 1 spiro atoms. The van der Waals surface area contributed by atoms with E-state index in [2.05, 4.69) is 28.3 Å². The second-order valence-electron chi connectivity index (χ2n) is 10.3. The van der Waals surface area contributed by atoms with E-state index >= 15 is 0 Å². The first kappa shape index (κ1) is 19.5. The first-order chi connectivity index (χ1) is 14.6. The van der Waals surface area contributed by atoms with E-state index in [1.54, 1.807) is 0 Å². The molecule has 31 heavy (non-hydrogen) atoms. The van der Waals surface area contributed by atoms with Crippen LogP contribution in [0.1, 0.15) is 38.1 Å². The van der Waals surface area contributed by atoms with Gasteiger partial charge in [0.2, 0.25) is 0 Å². The fourth-order valence-electron chi connectivity index (χ4n) is 7.25. The van der Waals surface area contributed by atoms with E-state index in [0.29, 0.717) is 17.2 Å². The molecule has 2 aromatic rings. The van der Waals surface area contributed by atoms with Crippen molar-refractivity contribution in [2.45, 2.75) is 50.4 Å². The maximum atomic E-state index is 13.3. The lowest BCUT2D eigenvalue weighted by molar-refractivity contribution is -0.321. The van der Waals surface area contributed by atoms with Crippen molar-refractivity contribution in [3.63, 3.8) is 0 Å². The molecule has 3 saturated carbocycles. The van der Waals surface area contributed by atoms with Crippen LogP contribution in [-0.2, 0) is 22.9 Å². The first-order valence-corrected chi connectivity index (χ1v) is 10.8. The standard InChI is InChI=1S/C22H26F3N5O/c1-19(2)8-16-28-15(13-7-14(22(23,24)25)17(26)27-9-13)10-30(16)21-11-20(12-21,18(19)21)29-3-5-31-6-4-29/h7,9-10,18H,3-6,8,11-12H2,1-2H3,(H2,26,27). The summed E-state index contributed by atoms with van der Waals surface area (Å²) in [6.45, 7) is 8.14. The third kappa shape index (κ3) is 2.42. The van der Waals surface area contributed by atoms with Crippen molar-refractivity contribution < 1.29 is 17.9 Å². The summed E-state index contributed by atoms with van der Waals surface area (Å²) in [5.74, 6) is 0.959. The van der Waals surface area contributed by atoms with Gasteiger partial charge in [-0.05, 0) is 24.3 Å². The summed E-state index contributed by atoms with van der Waals surface area (Å²) in [7, 11) is 0. The van der Waals surface area contributed by atoms with Crippen molar-refractivity contribution in [2.75, 3.05) is 32.0 Å². The van der Waals surface area contributed by atoms with Crippen LogP contribution >= 0.6 is 0 Å². The van der Waals surface area contributed by atoms with E-state index in [4.69, 9.17) is 15.5 Å². The Kier molecular flexibility index (Phi) is 3.66. The van der Waals surface area contributed by atoms with Crippen molar-refractivity contribution in [3.8, 4) is 11.3 Å². The number of fused-ring (bicyclic) bond motifs is 1. The maximum Gasteiger partial charge on any atom is 0.419 e. The summed E-state index contributed by atoms with van der Waals surface area (Å²) in [5, 5.41) is 0. The number of pyridine rings is 1. The van der Waals surface area contributed by atoms with E-state index in [1.165, 1.54) is 6.20 Å². The van der Waals surface area contributed by atoms with Gasteiger partial charge in [-0.2, -0.15) is 13.2 Å². The van der Waals surface area contributed by atoms with Crippen molar-refractivity contribution in [3.05, 3.63) is 29.8 Å². The monoisotopic (exact) mass is 433 g/mol. The van der Waals surface area contributed by atoms with Crippen LogP contribution in [-0.4, -0.2) is 51.3 Å². The van der Waals surface area contributed by atoms with Gasteiger partial charge in [0.25, 0.3) is 0 Å². The Bertz CT molecular complexity index is 1060. The van der Waals surface area contributed by atoms with Gasteiger partial charge in [-0.25, -0.2) is 9.97 Å². The zero-order valence-corrected chi connectivity index (χ0v) is 17.7. The van der Waals surface area contributed by atoms with Crippen LogP contribution in [0.3, 0.4) is 0 Å². The number of hydrogen-bond donors (Lipinski definition) is 1. The second-order valence-corrected chi connectivity index (χ2v) is 10.3. The topological polar surface area (TPSA) is 69.2 Å². The minimum atomic E-state index is -4.54. The zero-order chi connectivity index (χ0) is 21.8. The van der Waals surface area contributed by atoms with Crippen LogP contribution in [0.25, 0.3) is 11.3 Å². The van der Waals surface area contributed by atoms with Gasteiger partial charge in [0, 0.05) is 48.9 Å². The molecule has 9 heteroatoms. The number of nitrogens with zero attached hydrogens (tertiary/aromatic N) is 4. The largest absolute Gasteiger partial charge is 0.419 e. The number of hydrogen-bond acceptors (Lipinski definition) is 5. The van der Waals surface area contributed by atoms with Crippen LogP contribution in [0.4, 0.5) is 19.0 Å². The number of ether oxygens (including phenoxy) is 1. The molecule has 0 radical (unpaired) electrons. The van der Waals surface area contributed by atoms with E-state index < -0.39 is 17.6 Å². The molecule has 5 aliphatic rings. The molecule has 3 aliphatic carbocycles. The summed E-state index contributed by atoms with van der Waals surface area (Å²) >= 11 is 0. The van der Waals surface area contributed by atoms with Gasteiger partial charge < -0.3 is 15.0 Å². The fourth-order valence-corrected chi connectivity index (χ4v) is 7.25. The Morgan fingerprint density at radius 1 is 1.16 bits per heavy atom. The van der Waals surface area contributed by atoms with Gasteiger partial charge in [-0.1, -0.05) is 13.8 Å². The van der Waals surface area contributed by atoms with Crippen LogP contribution < -0.4 is 5.73 Å². The summed E-state index contributed by atoms with van der Waals surface area (Å²) in [6, 6.07) is 1.07. The number of anilines is 1. The number of alkyl halides is 3. The normalized spacial score (nSPS) is 33.8. The third-order valence-corrected chi connectivity index (χ3v) is 8.11. The summed E-state index contributed by atoms with van der Waals surface area (Å²) in [4.78, 5) is 11.2. The predicted molar refractivity (Wildman–Crippen MR) is 108 cm³/mol. The number of rotatable bonds is 2. The molecule has 6 nitrogen and oxygen atoms in total.